The van der Waals surface area contributed by atoms with Crippen LogP contribution in [0.4, 0.5) is 0 Å². The van der Waals surface area contributed by atoms with Gasteiger partial charge in [-0.3, -0.25) is 9.78 Å². The molecule has 0 aliphatic carbocycles. The number of likely N-dealkylation sites (N-methyl/N-ethyl adjacent to an activating group) is 1. The quantitative estimate of drug-likeness (QED) is 0.763. The van der Waals surface area contributed by atoms with Crippen LogP contribution in [0.3, 0.4) is 0 Å². The molecule has 0 fully saturated rings. The minimum absolute atomic E-state index is 0.207. The molecule has 0 saturated carbocycles. The Morgan fingerprint density at radius 2 is 2.29 bits per heavy atom. The van der Waals surface area contributed by atoms with Crippen molar-refractivity contribution in [1.29, 1.82) is 0 Å². The zero-order valence-corrected chi connectivity index (χ0v) is 10.5. The first-order chi connectivity index (χ1) is 7.91. The number of pyridine rings is 1. The predicted molar refractivity (Wildman–Crippen MR) is 65.7 cm³/mol. The summed E-state index contributed by atoms with van der Waals surface area (Å²) in [6, 6.07) is 3.38. The van der Waals surface area contributed by atoms with Gasteiger partial charge in [0.1, 0.15) is 0 Å². The fourth-order valence-electron chi connectivity index (χ4n) is 1.61. The largest absolute Gasteiger partial charge is 0.387 e. The van der Waals surface area contributed by atoms with E-state index in [1.807, 2.05) is 19.0 Å². The van der Waals surface area contributed by atoms with Crippen LogP contribution in [-0.4, -0.2) is 53.7 Å². The summed E-state index contributed by atoms with van der Waals surface area (Å²) in [6.07, 6.45) is 3.11. The van der Waals surface area contributed by atoms with Crippen LogP contribution in [-0.2, 0) is 0 Å². The Labute approximate surface area is 101 Å². The minimum atomic E-state index is -0.943. The first-order valence-corrected chi connectivity index (χ1v) is 5.46. The van der Waals surface area contributed by atoms with Gasteiger partial charge < -0.3 is 15.3 Å². The molecule has 1 heterocycles. The van der Waals surface area contributed by atoms with Crippen molar-refractivity contribution in [3.63, 3.8) is 0 Å². The van der Waals surface area contributed by atoms with Crippen molar-refractivity contribution in [2.75, 3.05) is 27.2 Å². The van der Waals surface area contributed by atoms with E-state index in [0.29, 0.717) is 12.1 Å². The molecule has 94 valence electrons. The predicted octanol–water partition coefficient (Wildman–Crippen LogP) is 0.124. The summed E-state index contributed by atoms with van der Waals surface area (Å²) in [5, 5.41) is 12.7. The van der Waals surface area contributed by atoms with Crippen molar-refractivity contribution >= 4 is 5.91 Å². The van der Waals surface area contributed by atoms with Crippen LogP contribution in [0.15, 0.2) is 24.5 Å². The maximum Gasteiger partial charge on any atom is 0.252 e. The number of rotatable bonds is 5. The molecular weight excluding hydrogens is 218 g/mol. The Bertz CT molecular complexity index is 363. The topological polar surface area (TPSA) is 65.5 Å². The van der Waals surface area contributed by atoms with E-state index in [9.17, 15) is 9.90 Å². The maximum absolute atomic E-state index is 11.7. The van der Waals surface area contributed by atoms with Crippen molar-refractivity contribution in [2.24, 2.45) is 0 Å². The third kappa shape index (κ3) is 4.93. The monoisotopic (exact) mass is 237 g/mol. The van der Waals surface area contributed by atoms with Crippen LogP contribution in [0.2, 0.25) is 0 Å². The highest BCUT2D eigenvalue weighted by Crippen LogP contribution is 2.03. The third-order valence-corrected chi connectivity index (χ3v) is 2.21. The molecule has 0 spiro atoms. The zero-order valence-electron chi connectivity index (χ0n) is 10.5. The number of carbonyl (C=O) groups is 1. The Morgan fingerprint density at radius 3 is 2.82 bits per heavy atom. The second-order valence-corrected chi connectivity index (χ2v) is 4.66. The number of hydrogen-bond acceptors (Lipinski definition) is 4. The van der Waals surface area contributed by atoms with E-state index in [1.165, 1.54) is 6.20 Å². The molecule has 2 N–H and O–H groups in total. The second-order valence-electron chi connectivity index (χ2n) is 4.66. The highest BCUT2D eigenvalue weighted by molar-refractivity contribution is 5.93. The minimum Gasteiger partial charge on any atom is -0.387 e. The molecule has 0 bridgehead atoms. The van der Waals surface area contributed by atoms with Crippen molar-refractivity contribution in [3.05, 3.63) is 30.1 Å². The lowest BCUT2D eigenvalue weighted by Crippen LogP contribution is -2.47. The first kappa shape index (κ1) is 13.6. The van der Waals surface area contributed by atoms with Gasteiger partial charge in [-0.05, 0) is 33.2 Å². The molecule has 1 atom stereocenters. The molecule has 1 amide bonds. The lowest BCUT2D eigenvalue weighted by molar-refractivity contribution is 0.0326. The Balaban J connectivity index is 2.48. The van der Waals surface area contributed by atoms with Gasteiger partial charge in [0.05, 0.1) is 11.2 Å². The van der Waals surface area contributed by atoms with E-state index in [0.717, 1.165) is 0 Å². The van der Waals surface area contributed by atoms with Gasteiger partial charge in [0.25, 0.3) is 5.91 Å². The van der Waals surface area contributed by atoms with E-state index in [-0.39, 0.29) is 12.5 Å². The molecule has 1 unspecified atom stereocenters. The summed E-state index contributed by atoms with van der Waals surface area (Å²) in [7, 11) is 3.74. The van der Waals surface area contributed by atoms with Crippen LogP contribution in [0.1, 0.15) is 17.3 Å². The molecule has 17 heavy (non-hydrogen) atoms. The maximum atomic E-state index is 11.7. The Kier molecular flexibility index (Phi) is 4.60. The van der Waals surface area contributed by atoms with E-state index in [2.05, 4.69) is 10.3 Å². The summed E-state index contributed by atoms with van der Waals surface area (Å²) in [6.45, 7) is 2.38. The lowest BCUT2D eigenvalue weighted by Gasteiger charge is -2.27. The number of aromatic nitrogens is 1. The van der Waals surface area contributed by atoms with Gasteiger partial charge in [-0.15, -0.1) is 0 Å². The average molecular weight is 237 g/mol. The first-order valence-electron chi connectivity index (χ1n) is 5.46. The van der Waals surface area contributed by atoms with E-state index in [1.54, 1.807) is 25.3 Å². The van der Waals surface area contributed by atoms with E-state index >= 15 is 0 Å². The van der Waals surface area contributed by atoms with Gasteiger partial charge in [-0.2, -0.15) is 0 Å². The van der Waals surface area contributed by atoms with Crippen LogP contribution >= 0.6 is 0 Å². The van der Waals surface area contributed by atoms with Gasteiger partial charge in [0.15, 0.2) is 0 Å². The summed E-state index contributed by atoms with van der Waals surface area (Å²) in [4.78, 5) is 17.4. The Morgan fingerprint density at radius 1 is 1.59 bits per heavy atom. The van der Waals surface area contributed by atoms with Crippen molar-refractivity contribution < 1.29 is 9.90 Å². The molecule has 0 radical (unpaired) electrons. The SMILES string of the molecule is CN(C)CC(C)(O)CNC(=O)c1cccnc1. The van der Waals surface area contributed by atoms with Gasteiger partial charge >= 0.3 is 0 Å². The van der Waals surface area contributed by atoms with Crippen LogP contribution in [0.25, 0.3) is 0 Å². The summed E-state index contributed by atoms with van der Waals surface area (Å²) in [5.74, 6) is -0.225. The van der Waals surface area contributed by atoms with Gasteiger partial charge in [0, 0.05) is 25.5 Å². The molecule has 1 aromatic rings. The molecule has 1 rings (SSSR count). The van der Waals surface area contributed by atoms with Gasteiger partial charge in [-0.1, -0.05) is 0 Å². The lowest BCUT2D eigenvalue weighted by atomic mass is 10.1. The van der Waals surface area contributed by atoms with Crippen molar-refractivity contribution in [1.82, 2.24) is 15.2 Å². The molecule has 5 nitrogen and oxygen atoms in total. The molecule has 0 aliphatic heterocycles. The fourth-order valence-corrected chi connectivity index (χ4v) is 1.61. The number of aliphatic hydroxyl groups is 1. The van der Waals surface area contributed by atoms with Crippen LogP contribution in [0.5, 0.6) is 0 Å². The van der Waals surface area contributed by atoms with Crippen molar-refractivity contribution in [2.45, 2.75) is 12.5 Å². The number of hydrogen-bond donors (Lipinski definition) is 2. The van der Waals surface area contributed by atoms with Gasteiger partial charge in [-0.25, -0.2) is 0 Å². The highest BCUT2D eigenvalue weighted by Gasteiger charge is 2.22. The van der Waals surface area contributed by atoms with E-state index in [4.69, 9.17) is 0 Å². The molecule has 5 heteroatoms. The normalized spacial score (nSPS) is 14.4. The number of nitrogens with zero attached hydrogens (tertiary/aromatic N) is 2. The summed E-state index contributed by atoms with van der Waals surface area (Å²) >= 11 is 0. The average Bonchev–Trinajstić information content (AvgIpc) is 2.25. The highest BCUT2D eigenvalue weighted by atomic mass is 16.3. The summed E-state index contributed by atoms with van der Waals surface area (Å²) < 4.78 is 0. The van der Waals surface area contributed by atoms with Crippen LogP contribution in [0, 0.1) is 0 Å². The molecule has 0 aliphatic rings. The molecular formula is C12H19N3O2. The molecule has 0 aromatic carbocycles. The second kappa shape index (κ2) is 5.75. The van der Waals surface area contributed by atoms with Crippen LogP contribution < -0.4 is 5.32 Å². The molecule has 0 saturated heterocycles. The number of carbonyl (C=O) groups excluding carboxylic acids is 1. The standard InChI is InChI=1S/C12H19N3O2/c1-12(17,9-15(2)3)8-14-11(16)10-5-4-6-13-7-10/h4-7,17H,8-9H2,1-3H3,(H,14,16). The zero-order chi connectivity index (χ0) is 12.9. The third-order valence-electron chi connectivity index (χ3n) is 2.21. The summed E-state index contributed by atoms with van der Waals surface area (Å²) in [5.41, 5.74) is -0.449. The molecule has 1 aromatic heterocycles. The van der Waals surface area contributed by atoms with E-state index < -0.39 is 5.60 Å². The smallest absolute Gasteiger partial charge is 0.252 e. The van der Waals surface area contributed by atoms with Crippen molar-refractivity contribution in [3.8, 4) is 0 Å². The number of nitrogens with one attached hydrogen (secondary N) is 1. The Hall–Kier alpha value is -1.46. The fraction of sp³-hybridized carbons (Fsp3) is 0.500. The van der Waals surface area contributed by atoms with Gasteiger partial charge in [0.2, 0.25) is 0 Å². The number of amides is 1.